The summed E-state index contributed by atoms with van der Waals surface area (Å²) in [4.78, 5) is 10.6. The Morgan fingerprint density at radius 2 is 0.969 bits per heavy atom. The lowest BCUT2D eigenvalue weighted by Crippen LogP contribution is -2.00. The number of aromatic hydroxyl groups is 1. The summed E-state index contributed by atoms with van der Waals surface area (Å²) in [5.74, 6) is 0.824. The van der Waals surface area contributed by atoms with Gasteiger partial charge in [0.05, 0.1) is 39.0 Å². The smallest absolute Gasteiger partial charge is 0.149 e. The number of rotatable bonds is 8. The maximum atomic E-state index is 11.4. The first-order valence-electron chi connectivity index (χ1n) is 21.9. The molecule has 5 heteroatoms. The Kier molecular flexibility index (Phi) is 9.24. The quantitative estimate of drug-likeness (QED) is 0.166. The van der Waals surface area contributed by atoms with E-state index in [1.165, 1.54) is 11.1 Å². The van der Waals surface area contributed by atoms with Crippen LogP contribution in [0.5, 0.6) is 5.75 Å². The van der Waals surface area contributed by atoms with Gasteiger partial charge in [-0.1, -0.05) is 164 Å². The molecule has 0 fully saturated rings. The Morgan fingerprint density at radius 1 is 0.369 bits per heavy atom. The summed E-state index contributed by atoms with van der Waals surface area (Å²) in [7, 11) is 0. The Labute approximate surface area is 376 Å². The zero-order valence-electron chi connectivity index (χ0n) is 35.3. The lowest BCUT2D eigenvalue weighted by Gasteiger charge is -2.16. The van der Waals surface area contributed by atoms with Crippen molar-refractivity contribution in [2.75, 3.05) is 0 Å². The van der Waals surface area contributed by atoms with Crippen molar-refractivity contribution in [1.29, 1.82) is 0 Å². The highest BCUT2D eigenvalue weighted by atomic mass is 16.3. The lowest BCUT2D eigenvalue weighted by molar-refractivity contribution is 0.477. The number of phenols is 1. The third-order valence-corrected chi connectivity index (χ3v) is 12.5. The van der Waals surface area contributed by atoms with Gasteiger partial charge in [-0.15, -0.1) is 0 Å². The van der Waals surface area contributed by atoms with E-state index in [-0.39, 0.29) is 5.75 Å². The number of phenolic OH excluding ortho intramolecular Hbond substituents is 1. The molecule has 0 radical (unpaired) electrons. The zero-order valence-corrected chi connectivity index (χ0v) is 35.3. The van der Waals surface area contributed by atoms with E-state index in [4.69, 9.17) is 9.97 Å². The predicted molar refractivity (Wildman–Crippen MR) is 267 cm³/mol. The van der Waals surface area contributed by atoms with Gasteiger partial charge < -0.3 is 9.67 Å². The number of pyridine rings is 1. The fourth-order valence-corrected chi connectivity index (χ4v) is 9.49. The first kappa shape index (κ1) is 37.9. The summed E-state index contributed by atoms with van der Waals surface area (Å²) in [5.41, 5.74) is 17.2. The molecule has 0 aliphatic heterocycles. The van der Waals surface area contributed by atoms with Gasteiger partial charge in [0.15, 0.2) is 0 Å². The minimum atomic E-state index is 0.167. The van der Waals surface area contributed by atoms with E-state index in [0.717, 1.165) is 88.9 Å². The molecule has 0 saturated heterocycles. The van der Waals surface area contributed by atoms with Gasteiger partial charge in [0.2, 0.25) is 0 Å². The van der Waals surface area contributed by atoms with Crippen LogP contribution in [0.3, 0.4) is 0 Å². The van der Waals surface area contributed by atoms with Crippen molar-refractivity contribution >= 4 is 32.8 Å². The zero-order chi connectivity index (χ0) is 43.3. The molecule has 12 rings (SSSR count). The monoisotopic (exact) mass is 832 g/mol. The second-order valence-electron chi connectivity index (χ2n) is 16.3. The minimum absolute atomic E-state index is 0.167. The molecule has 65 heavy (non-hydrogen) atoms. The third kappa shape index (κ3) is 6.57. The van der Waals surface area contributed by atoms with Gasteiger partial charge in [-0.25, -0.2) is 4.98 Å². The average molecular weight is 833 g/mol. The molecule has 0 atom stereocenters. The van der Waals surface area contributed by atoms with Gasteiger partial charge >= 0.3 is 0 Å². The number of aromatic nitrogens is 4. The van der Waals surface area contributed by atoms with Crippen molar-refractivity contribution in [1.82, 2.24) is 19.1 Å². The van der Waals surface area contributed by atoms with Crippen LogP contribution in [0.25, 0.3) is 111 Å². The van der Waals surface area contributed by atoms with E-state index in [1.807, 2.05) is 36.5 Å². The number of para-hydroxylation sites is 5. The van der Waals surface area contributed by atoms with Crippen LogP contribution in [0.1, 0.15) is 0 Å². The number of benzene rings is 9. The molecule has 3 heterocycles. The second-order valence-corrected chi connectivity index (χ2v) is 16.3. The van der Waals surface area contributed by atoms with Crippen LogP contribution in [0.2, 0.25) is 0 Å². The van der Waals surface area contributed by atoms with Crippen LogP contribution in [-0.2, 0) is 0 Å². The first-order valence-corrected chi connectivity index (χ1v) is 21.9. The molecule has 12 aromatic rings. The molecule has 0 unspecified atom stereocenters. The highest BCUT2D eigenvalue weighted by Crippen LogP contribution is 2.44. The van der Waals surface area contributed by atoms with E-state index < -0.39 is 0 Å². The lowest BCUT2D eigenvalue weighted by atomic mass is 9.95. The fourth-order valence-electron chi connectivity index (χ4n) is 9.49. The topological polar surface area (TPSA) is 55.9 Å². The van der Waals surface area contributed by atoms with E-state index in [0.29, 0.717) is 11.4 Å². The minimum Gasteiger partial charge on any atom is -0.507 e. The maximum absolute atomic E-state index is 11.4. The maximum Gasteiger partial charge on any atom is 0.149 e. The number of imidazole rings is 1. The molecule has 9 aromatic carbocycles. The summed E-state index contributed by atoms with van der Waals surface area (Å²) in [6, 6.07) is 80.1. The van der Waals surface area contributed by atoms with Crippen LogP contribution in [0.15, 0.2) is 237 Å². The third-order valence-electron chi connectivity index (χ3n) is 12.5. The second kappa shape index (κ2) is 15.8. The Hall–Kier alpha value is -8.80. The molecule has 0 spiro atoms. The standard InChI is InChI=1S/C60H40N4O/c65-57-30-15-12-25-50(57)60-62-58-48(26-16-29-56(58)64(60)54-27-13-10-23-47(54)43-19-6-2-7-20-43)45-37-51-49-24-11-14-28-55(49)63(46-21-8-3-9-22-46)59(51)52(38-45)53-39-44(35-36-61-53)42-33-31-41(32-34-42)40-17-4-1-5-18-40/h1-39,65H. The molecule has 0 aliphatic rings. The van der Waals surface area contributed by atoms with Gasteiger partial charge in [0.25, 0.3) is 0 Å². The van der Waals surface area contributed by atoms with Gasteiger partial charge in [-0.2, -0.15) is 0 Å². The summed E-state index contributed by atoms with van der Waals surface area (Å²) in [5, 5.41) is 13.7. The molecular formula is C60H40N4O. The average Bonchev–Trinajstić information content (AvgIpc) is 3.93. The van der Waals surface area contributed by atoms with E-state index >= 15 is 0 Å². The molecule has 1 N–H and O–H groups in total. The van der Waals surface area contributed by atoms with Crippen LogP contribution in [0.4, 0.5) is 0 Å². The molecule has 0 aliphatic carbocycles. The molecule has 0 amide bonds. The largest absolute Gasteiger partial charge is 0.507 e. The molecule has 3 aromatic heterocycles. The summed E-state index contributed by atoms with van der Waals surface area (Å²) in [6.07, 6.45) is 1.93. The summed E-state index contributed by atoms with van der Waals surface area (Å²) in [6.45, 7) is 0. The normalized spacial score (nSPS) is 11.4. The SMILES string of the molecule is Oc1ccccc1-c1nc2c(-c3cc(-c4cc(-c5ccc(-c6ccccc6)cc5)ccn4)c4c(c3)c3ccccc3n4-c3ccccc3)cccc2n1-c1ccccc1-c1ccccc1. The van der Waals surface area contributed by atoms with Gasteiger partial charge in [0.1, 0.15) is 11.6 Å². The molecular weight excluding hydrogens is 793 g/mol. The van der Waals surface area contributed by atoms with Crippen molar-refractivity contribution < 1.29 is 5.11 Å². The van der Waals surface area contributed by atoms with E-state index in [9.17, 15) is 5.11 Å². The predicted octanol–water partition coefficient (Wildman–Crippen LogP) is 15.2. The van der Waals surface area contributed by atoms with Crippen LogP contribution >= 0.6 is 0 Å². The van der Waals surface area contributed by atoms with Crippen LogP contribution in [0, 0.1) is 0 Å². The summed E-state index contributed by atoms with van der Waals surface area (Å²) >= 11 is 0. The van der Waals surface area contributed by atoms with Crippen molar-refractivity contribution in [3.63, 3.8) is 0 Å². The number of hydrogen-bond donors (Lipinski definition) is 1. The van der Waals surface area contributed by atoms with Crippen LogP contribution < -0.4 is 0 Å². The number of hydrogen-bond acceptors (Lipinski definition) is 3. The van der Waals surface area contributed by atoms with Crippen molar-refractivity contribution in [2.45, 2.75) is 0 Å². The van der Waals surface area contributed by atoms with Gasteiger partial charge in [-0.05, 0) is 100 Å². The van der Waals surface area contributed by atoms with Gasteiger partial charge in [0, 0.05) is 39.3 Å². The number of fused-ring (bicyclic) bond motifs is 4. The molecule has 0 bridgehead atoms. The molecule has 0 saturated carbocycles. The number of nitrogens with zero attached hydrogens (tertiary/aromatic N) is 4. The van der Waals surface area contributed by atoms with E-state index in [1.54, 1.807) is 6.07 Å². The Balaban J connectivity index is 1.12. The Morgan fingerprint density at radius 3 is 1.74 bits per heavy atom. The molecule has 306 valence electrons. The Bertz CT molecular complexity index is 3700. The summed E-state index contributed by atoms with van der Waals surface area (Å²) < 4.78 is 4.57. The fraction of sp³-hybridized carbons (Fsp3) is 0. The van der Waals surface area contributed by atoms with Crippen molar-refractivity contribution in [3.8, 4) is 84.3 Å². The highest BCUT2D eigenvalue weighted by molar-refractivity contribution is 6.16. The van der Waals surface area contributed by atoms with Gasteiger partial charge in [-0.3, -0.25) is 9.55 Å². The highest BCUT2D eigenvalue weighted by Gasteiger charge is 2.24. The van der Waals surface area contributed by atoms with Crippen molar-refractivity contribution in [2.24, 2.45) is 0 Å². The van der Waals surface area contributed by atoms with E-state index in [2.05, 4.69) is 203 Å². The first-order chi connectivity index (χ1) is 32.2. The van der Waals surface area contributed by atoms with Crippen LogP contribution in [-0.4, -0.2) is 24.2 Å². The molecule has 5 nitrogen and oxygen atoms in total. The van der Waals surface area contributed by atoms with Crippen molar-refractivity contribution in [3.05, 3.63) is 237 Å².